The third kappa shape index (κ3) is 3.95. The van der Waals surface area contributed by atoms with Crippen molar-refractivity contribution in [3.8, 4) is 11.3 Å². The molecule has 29 heavy (non-hydrogen) atoms. The fourth-order valence-corrected chi connectivity index (χ4v) is 5.00. The van der Waals surface area contributed by atoms with Gasteiger partial charge in [0.1, 0.15) is 5.69 Å². The van der Waals surface area contributed by atoms with E-state index in [-0.39, 0.29) is 18.1 Å². The number of aromatic nitrogens is 3. The van der Waals surface area contributed by atoms with Gasteiger partial charge < -0.3 is 9.64 Å². The van der Waals surface area contributed by atoms with Crippen molar-refractivity contribution in [1.82, 2.24) is 19.9 Å². The Morgan fingerprint density at radius 1 is 1.14 bits per heavy atom. The van der Waals surface area contributed by atoms with Crippen LogP contribution in [0, 0.1) is 17.8 Å². The number of nitrogens with zero attached hydrogens (tertiary/aromatic N) is 4. The minimum Gasteiger partial charge on any atom is -0.376 e. The van der Waals surface area contributed by atoms with Gasteiger partial charge in [-0.2, -0.15) is 0 Å². The van der Waals surface area contributed by atoms with Gasteiger partial charge in [0.05, 0.1) is 18.3 Å². The number of benzene rings is 1. The van der Waals surface area contributed by atoms with Crippen LogP contribution in [0.2, 0.25) is 0 Å². The third-order valence-corrected chi connectivity index (χ3v) is 6.90. The van der Waals surface area contributed by atoms with Gasteiger partial charge in [-0.25, -0.2) is 4.68 Å². The average Bonchev–Trinajstić information content (AvgIpc) is 3.29. The number of hydrogen-bond acceptors (Lipinski definition) is 4. The van der Waals surface area contributed by atoms with Crippen molar-refractivity contribution in [3.63, 3.8) is 0 Å². The number of rotatable bonds is 6. The largest absolute Gasteiger partial charge is 0.376 e. The van der Waals surface area contributed by atoms with Crippen molar-refractivity contribution >= 4 is 5.91 Å². The first-order chi connectivity index (χ1) is 14.2. The van der Waals surface area contributed by atoms with Gasteiger partial charge in [0.2, 0.25) is 5.91 Å². The Morgan fingerprint density at radius 2 is 1.90 bits per heavy atom. The zero-order valence-electron chi connectivity index (χ0n) is 17.1. The first-order valence-corrected chi connectivity index (χ1v) is 11.1. The number of ether oxygens (including phenoxy) is 1. The maximum absolute atomic E-state index is 12.2. The summed E-state index contributed by atoms with van der Waals surface area (Å²) in [6.45, 7) is 4.58. The van der Waals surface area contributed by atoms with Crippen molar-refractivity contribution < 1.29 is 9.53 Å². The summed E-state index contributed by atoms with van der Waals surface area (Å²) in [6, 6.07) is 10.4. The van der Waals surface area contributed by atoms with Crippen molar-refractivity contribution in [2.24, 2.45) is 17.8 Å². The molecule has 0 N–H and O–H groups in total. The lowest BCUT2D eigenvalue weighted by Crippen LogP contribution is -2.38. The van der Waals surface area contributed by atoms with Crippen LogP contribution in [-0.2, 0) is 9.53 Å². The topological polar surface area (TPSA) is 60.2 Å². The highest BCUT2D eigenvalue weighted by atomic mass is 16.5. The molecule has 1 amide bonds. The van der Waals surface area contributed by atoms with E-state index in [1.165, 1.54) is 12.8 Å². The highest BCUT2D eigenvalue weighted by molar-refractivity contribution is 5.76. The maximum Gasteiger partial charge on any atom is 0.222 e. The van der Waals surface area contributed by atoms with Gasteiger partial charge in [0.15, 0.2) is 0 Å². The SMILES string of the molecule is CCC(=O)N1C[C@H]2C[C@@H](n3cc(-c4ccccc4)nn3)[C@H](OCC3CC3)C[C@H]2C1. The van der Waals surface area contributed by atoms with E-state index in [1.807, 2.05) is 29.8 Å². The summed E-state index contributed by atoms with van der Waals surface area (Å²) >= 11 is 0. The number of fused-ring (bicyclic) bond motifs is 1. The van der Waals surface area contributed by atoms with E-state index < -0.39 is 0 Å². The van der Waals surface area contributed by atoms with E-state index in [4.69, 9.17) is 4.74 Å². The van der Waals surface area contributed by atoms with Crippen LogP contribution < -0.4 is 0 Å². The molecule has 1 aromatic heterocycles. The van der Waals surface area contributed by atoms with Crippen LogP contribution in [-0.4, -0.2) is 51.6 Å². The second-order valence-corrected chi connectivity index (χ2v) is 8.98. The Labute approximate surface area is 172 Å². The summed E-state index contributed by atoms with van der Waals surface area (Å²) in [5.41, 5.74) is 1.99. The molecule has 1 aliphatic heterocycles. The molecular formula is C23H30N4O2. The minimum absolute atomic E-state index is 0.152. The van der Waals surface area contributed by atoms with Gasteiger partial charge in [-0.15, -0.1) is 5.10 Å². The summed E-state index contributed by atoms with van der Waals surface area (Å²) in [4.78, 5) is 14.3. The van der Waals surface area contributed by atoms with Crippen molar-refractivity contribution in [3.05, 3.63) is 36.5 Å². The molecule has 2 heterocycles. The Morgan fingerprint density at radius 3 is 2.62 bits per heavy atom. The van der Waals surface area contributed by atoms with Crippen molar-refractivity contribution in [2.75, 3.05) is 19.7 Å². The van der Waals surface area contributed by atoms with Crippen LogP contribution in [0.5, 0.6) is 0 Å². The normalized spacial score (nSPS) is 29.1. The molecule has 1 saturated heterocycles. The summed E-state index contributed by atoms with van der Waals surface area (Å²) in [5.74, 6) is 2.09. The summed E-state index contributed by atoms with van der Waals surface area (Å²) in [6.07, 6.45) is 7.42. The Hall–Kier alpha value is -2.21. The lowest BCUT2D eigenvalue weighted by molar-refractivity contribution is -0.130. The fraction of sp³-hybridized carbons (Fsp3) is 0.609. The molecule has 6 heteroatoms. The predicted molar refractivity (Wildman–Crippen MR) is 110 cm³/mol. The monoisotopic (exact) mass is 394 g/mol. The molecule has 3 fully saturated rings. The Kier molecular flexibility index (Phi) is 5.12. The molecule has 0 radical (unpaired) electrons. The second kappa shape index (κ2) is 7.90. The first kappa shape index (κ1) is 18.8. The number of carbonyl (C=O) groups excluding carboxylic acids is 1. The molecule has 2 saturated carbocycles. The lowest BCUT2D eigenvalue weighted by atomic mass is 9.77. The van der Waals surface area contributed by atoms with Gasteiger partial charge in [-0.3, -0.25) is 4.79 Å². The molecule has 0 spiro atoms. The van der Waals surface area contributed by atoms with Crippen LogP contribution in [0.1, 0.15) is 45.1 Å². The van der Waals surface area contributed by atoms with Gasteiger partial charge in [-0.05, 0) is 43.4 Å². The van der Waals surface area contributed by atoms with Crippen molar-refractivity contribution in [2.45, 2.75) is 51.2 Å². The second-order valence-electron chi connectivity index (χ2n) is 8.98. The van der Waals surface area contributed by atoms with Crippen LogP contribution >= 0.6 is 0 Å². The minimum atomic E-state index is 0.152. The van der Waals surface area contributed by atoms with Crippen LogP contribution in [0.25, 0.3) is 11.3 Å². The molecule has 0 unspecified atom stereocenters. The average molecular weight is 395 g/mol. The number of amides is 1. The number of likely N-dealkylation sites (tertiary alicyclic amines) is 1. The van der Waals surface area contributed by atoms with Crippen LogP contribution in [0.4, 0.5) is 0 Å². The smallest absolute Gasteiger partial charge is 0.222 e. The zero-order chi connectivity index (χ0) is 19.8. The van der Waals surface area contributed by atoms with Crippen molar-refractivity contribution in [1.29, 1.82) is 0 Å². The molecule has 5 rings (SSSR count). The van der Waals surface area contributed by atoms with E-state index in [1.54, 1.807) is 0 Å². The predicted octanol–water partition coefficient (Wildman–Crippen LogP) is 3.56. The fourth-order valence-electron chi connectivity index (χ4n) is 5.00. The maximum atomic E-state index is 12.2. The van der Waals surface area contributed by atoms with E-state index in [0.29, 0.717) is 18.3 Å². The van der Waals surface area contributed by atoms with Gasteiger partial charge >= 0.3 is 0 Å². The molecule has 3 aliphatic rings. The quantitative estimate of drug-likeness (QED) is 0.752. The first-order valence-electron chi connectivity index (χ1n) is 11.1. The van der Waals surface area contributed by atoms with E-state index in [9.17, 15) is 4.79 Å². The highest BCUT2D eigenvalue weighted by Gasteiger charge is 2.45. The molecule has 1 aromatic carbocycles. The molecule has 2 aliphatic carbocycles. The lowest BCUT2D eigenvalue weighted by Gasteiger charge is -2.37. The molecule has 2 aromatic rings. The number of carbonyl (C=O) groups is 1. The van der Waals surface area contributed by atoms with Crippen LogP contribution in [0.15, 0.2) is 36.5 Å². The van der Waals surface area contributed by atoms with E-state index in [0.717, 1.165) is 49.7 Å². The standard InChI is InChI=1S/C23H30N4O2/c1-2-23(28)26-12-18-10-21(22(11-19(18)13-26)29-15-16-8-9-16)27-14-20(24-25-27)17-6-4-3-5-7-17/h3-7,14,16,18-19,21-22H,2,8-13,15H2,1H3/t18-,19+,21-,22-/m1/s1. The number of hydrogen-bond donors (Lipinski definition) is 0. The summed E-state index contributed by atoms with van der Waals surface area (Å²) in [5, 5.41) is 8.94. The highest BCUT2D eigenvalue weighted by Crippen LogP contribution is 2.43. The molecule has 6 nitrogen and oxygen atoms in total. The van der Waals surface area contributed by atoms with Gasteiger partial charge in [0, 0.05) is 31.7 Å². The zero-order valence-corrected chi connectivity index (χ0v) is 17.1. The van der Waals surface area contributed by atoms with Crippen LogP contribution in [0.3, 0.4) is 0 Å². The Bertz CT molecular complexity index is 848. The summed E-state index contributed by atoms with van der Waals surface area (Å²) < 4.78 is 8.46. The Balaban J connectivity index is 1.36. The molecule has 154 valence electrons. The molecule has 4 atom stereocenters. The van der Waals surface area contributed by atoms with Gasteiger partial charge in [0.25, 0.3) is 0 Å². The molecule has 0 bridgehead atoms. The van der Waals surface area contributed by atoms with E-state index >= 15 is 0 Å². The van der Waals surface area contributed by atoms with Gasteiger partial charge in [-0.1, -0.05) is 42.5 Å². The third-order valence-electron chi connectivity index (χ3n) is 6.90. The van der Waals surface area contributed by atoms with E-state index in [2.05, 4.69) is 33.5 Å². The summed E-state index contributed by atoms with van der Waals surface area (Å²) in [7, 11) is 0. The molecular weight excluding hydrogens is 364 g/mol.